The minimum atomic E-state index is 0.165. The van der Waals surface area contributed by atoms with Gasteiger partial charge in [-0.3, -0.25) is 4.79 Å². The van der Waals surface area contributed by atoms with Crippen LogP contribution in [0.4, 0.5) is 0 Å². The quantitative estimate of drug-likeness (QED) is 0.551. The zero-order valence-electron chi connectivity index (χ0n) is 7.37. The summed E-state index contributed by atoms with van der Waals surface area (Å²) < 4.78 is 0. The Kier molecular flexibility index (Phi) is 4.66. The molecule has 0 spiro atoms. The summed E-state index contributed by atoms with van der Waals surface area (Å²) in [5.74, 6) is 6.87. The summed E-state index contributed by atoms with van der Waals surface area (Å²) in [6.07, 6.45) is 0.780. The first kappa shape index (κ1) is 10.4. The van der Waals surface area contributed by atoms with Crippen molar-refractivity contribution >= 4 is 28.2 Å². The molecule has 1 rings (SSSR count). The maximum absolute atomic E-state index is 10.6. The van der Waals surface area contributed by atoms with Crippen LogP contribution in [0.3, 0.4) is 0 Å². The predicted octanol–water partition coefficient (Wildman–Crippen LogP) is 2.77. The summed E-state index contributed by atoms with van der Waals surface area (Å²) in [4.78, 5) is 11.6. The van der Waals surface area contributed by atoms with Crippen molar-refractivity contribution in [3.05, 3.63) is 22.4 Å². The molecule has 0 aromatic carbocycles. The second kappa shape index (κ2) is 5.85. The summed E-state index contributed by atoms with van der Waals surface area (Å²) in [5, 5.41) is 2.17. The lowest BCUT2D eigenvalue weighted by atomic mass is 10.4. The van der Waals surface area contributed by atoms with Crippen molar-refractivity contribution in [3.63, 3.8) is 0 Å². The van der Waals surface area contributed by atoms with Gasteiger partial charge >= 0.3 is 0 Å². The molecule has 68 valence electrons. The lowest BCUT2D eigenvalue weighted by molar-refractivity contribution is -0.109. The first-order valence-electron chi connectivity index (χ1n) is 3.95. The summed E-state index contributed by atoms with van der Waals surface area (Å²) in [6.45, 7) is 1.58. The summed E-state index contributed by atoms with van der Waals surface area (Å²) >= 11 is 2.97. The largest absolute Gasteiger partial charge is 0.288 e. The van der Waals surface area contributed by atoms with Crippen molar-refractivity contribution in [2.45, 2.75) is 13.3 Å². The van der Waals surface area contributed by atoms with Gasteiger partial charge in [-0.25, -0.2) is 0 Å². The van der Waals surface area contributed by atoms with Crippen molar-refractivity contribution in [3.8, 4) is 11.8 Å². The van der Waals surface area contributed by atoms with Gasteiger partial charge in [-0.1, -0.05) is 29.7 Å². The minimum Gasteiger partial charge on any atom is -0.288 e. The lowest BCUT2D eigenvalue weighted by Gasteiger charge is -1.87. The van der Waals surface area contributed by atoms with Crippen LogP contribution < -0.4 is 0 Å². The Balaban J connectivity index is 2.22. The molecule has 0 saturated heterocycles. The number of thioether (sulfide) groups is 1. The zero-order chi connectivity index (χ0) is 9.52. The van der Waals surface area contributed by atoms with Gasteiger partial charge in [0, 0.05) is 19.1 Å². The minimum absolute atomic E-state index is 0.165. The highest BCUT2D eigenvalue weighted by molar-refractivity contribution is 8.13. The fraction of sp³-hybridized carbons (Fsp3) is 0.300. The van der Waals surface area contributed by atoms with E-state index in [1.54, 1.807) is 18.3 Å². The highest BCUT2D eigenvalue weighted by Crippen LogP contribution is 2.06. The maximum atomic E-state index is 10.6. The molecular formula is C10H10OS2. The third-order valence-corrected chi connectivity index (χ3v) is 2.87. The first-order valence-corrected chi connectivity index (χ1v) is 5.81. The Morgan fingerprint density at radius 3 is 3.15 bits per heavy atom. The van der Waals surface area contributed by atoms with Crippen molar-refractivity contribution in [1.29, 1.82) is 0 Å². The highest BCUT2D eigenvalue weighted by atomic mass is 32.2. The van der Waals surface area contributed by atoms with E-state index in [0.29, 0.717) is 0 Å². The molecule has 1 aromatic rings. The Labute approximate surface area is 86.5 Å². The fourth-order valence-corrected chi connectivity index (χ4v) is 1.83. The van der Waals surface area contributed by atoms with Crippen LogP contribution in [0, 0.1) is 11.8 Å². The summed E-state index contributed by atoms with van der Waals surface area (Å²) in [6, 6.07) is 3.98. The number of hydrogen-bond acceptors (Lipinski definition) is 3. The fourth-order valence-electron chi connectivity index (χ4n) is 0.745. The molecule has 0 N–H and O–H groups in total. The second-order valence-electron chi connectivity index (χ2n) is 2.37. The highest BCUT2D eigenvalue weighted by Gasteiger charge is 1.90. The molecule has 0 atom stereocenters. The van der Waals surface area contributed by atoms with Gasteiger partial charge in [-0.15, -0.1) is 11.3 Å². The van der Waals surface area contributed by atoms with Crippen molar-refractivity contribution in [1.82, 2.24) is 0 Å². The monoisotopic (exact) mass is 210 g/mol. The SMILES string of the molecule is CC(=O)SCCC#Cc1cccs1. The van der Waals surface area contributed by atoms with Crippen molar-refractivity contribution in [2.24, 2.45) is 0 Å². The molecular weight excluding hydrogens is 200 g/mol. The average molecular weight is 210 g/mol. The van der Waals surface area contributed by atoms with Crippen LogP contribution >= 0.6 is 23.1 Å². The van der Waals surface area contributed by atoms with E-state index < -0.39 is 0 Å². The van der Waals surface area contributed by atoms with Gasteiger partial charge in [0.2, 0.25) is 0 Å². The molecule has 0 amide bonds. The van der Waals surface area contributed by atoms with E-state index in [-0.39, 0.29) is 5.12 Å². The number of thiophene rings is 1. The number of rotatable bonds is 2. The Hall–Kier alpha value is -0.720. The molecule has 0 unspecified atom stereocenters. The molecule has 0 aliphatic carbocycles. The smallest absolute Gasteiger partial charge is 0.185 e. The van der Waals surface area contributed by atoms with E-state index in [1.165, 1.54) is 11.8 Å². The molecule has 3 heteroatoms. The topological polar surface area (TPSA) is 17.1 Å². The molecule has 1 aromatic heterocycles. The van der Waals surface area contributed by atoms with Gasteiger partial charge in [0.05, 0.1) is 4.88 Å². The summed E-state index contributed by atoms with van der Waals surface area (Å²) in [7, 11) is 0. The van der Waals surface area contributed by atoms with Gasteiger partial charge in [0.25, 0.3) is 0 Å². The van der Waals surface area contributed by atoms with Crippen LogP contribution in [-0.2, 0) is 4.79 Å². The van der Waals surface area contributed by atoms with Crippen LogP contribution in [0.15, 0.2) is 17.5 Å². The van der Waals surface area contributed by atoms with Gasteiger partial charge < -0.3 is 0 Å². The Bertz CT molecular complexity index is 316. The molecule has 0 aliphatic rings. The molecule has 0 fully saturated rings. The van der Waals surface area contributed by atoms with E-state index in [1.807, 2.05) is 17.5 Å². The standard InChI is InChI=1S/C10H10OS2/c1-9(11)12-7-3-2-5-10-6-4-8-13-10/h4,6,8H,3,7H2,1H3. The average Bonchev–Trinajstić information content (AvgIpc) is 2.55. The van der Waals surface area contributed by atoms with Crippen LogP contribution in [0.5, 0.6) is 0 Å². The normalized spacial score (nSPS) is 9.00. The van der Waals surface area contributed by atoms with Crippen LogP contribution in [-0.4, -0.2) is 10.9 Å². The molecule has 0 bridgehead atoms. The molecule has 0 aliphatic heterocycles. The van der Waals surface area contributed by atoms with Crippen molar-refractivity contribution < 1.29 is 4.79 Å². The van der Waals surface area contributed by atoms with Gasteiger partial charge in [0.15, 0.2) is 5.12 Å². The number of carbonyl (C=O) groups is 1. The van der Waals surface area contributed by atoms with E-state index in [2.05, 4.69) is 11.8 Å². The third-order valence-electron chi connectivity index (χ3n) is 1.27. The zero-order valence-corrected chi connectivity index (χ0v) is 9.00. The maximum Gasteiger partial charge on any atom is 0.185 e. The molecule has 1 heterocycles. The second-order valence-corrected chi connectivity index (χ2v) is 4.59. The predicted molar refractivity (Wildman–Crippen MR) is 59.0 cm³/mol. The third kappa shape index (κ3) is 4.76. The Morgan fingerprint density at radius 1 is 1.69 bits per heavy atom. The molecule has 0 radical (unpaired) electrons. The van der Waals surface area contributed by atoms with E-state index in [4.69, 9.17) is 0 Å². The van der Waals surface area contributed by atoms with E-state index in [9.17, 15) is 4.79 Å². The van der Waals surface area contributed by atoms with Gasteiger partial charge in [-0.2, -0.15) is 0 Å². The van der Waals surface area contributed by atoms with Gasteiger partial charge in [0.1, 0.15) is 0 Å². The molecule has 0 saturated carbocycles. The Morgan fingerprint density at radius 2 is 2.54 bits per heavy atom. The lowest BCUT2D eigenvalue weighted by Crippen LogP contribution is -1.83. The van der Waals surface area contributed by atoms with Crippen LogP contribution in [0.25, 0.3) is 0 Å². The van der Waals surface area contributed by atoms with Crippen molar-refractivity contribution in [2.75, 3.05) is 5.75 Å². The van der Waals surface area contributed by atoms with E-state index in [0.717, 1.165) is 17.1 Å². The van der Waals surface area contributed by atoms with Gasteiger partial charge in [-0.05, 0) is 11.4 Å². The van der Waals surface area contributed by atoms with Crippen LogP contribution in [0.2, 0.25) is 0 Å². The van der Waals surface area contributed by atoms with Crippen LogP contribution in [0.1, 0.15) is 18.2 Å². The summed E-state index contributed by atoms with van der Waals surface area (Å²) in [5.41, 5.74) is 0. The first-order chi connectivity index (χ1) is 6.29. The molecule has 1 nitrogen and oxygen atoms in total. The number of hydrogen-bond donors (Lipinski definition) is 0. The molecule has 13 heavy (non-hydrogen) atoms. The number of carbonyl (C=O) groups excluding carboxylic acids is 1. The van der Waals surface area contributed by atoms with E-state index >= 15 is 0 Å².